The molecule has 0 aliphatic rings. The molecule has 0 saturated heterocycles. The standard InChI is InChI=1S/C12H14FN3O2S/c1-8-12(19(14,17)18)9(2)16(15-8)7-10-4-3-5-11(13)6-10/h3-6H,7H2,1-2H3,(H2,14,17,18). The number of primary sulfonamides is 1. The number of hydrogen-bond acceptors (Lipinski definition) is 3. The van der Waals surface area contributed by atoms with Crippen molar-refractivity contribution >= 4 is 10.0 Å². The fraction of sp³-hybridized carbons (Fsp3) is 0.250. The molecule has 0 atom stereocenters. The first-order chi connectivity index (χ1) is 8.79. The summed E-state index contributed by atoms with van der Waals surface area (Å²) in [6, 6.07) is 6.07. The highest BCUT2D eigenvalue weighted by Gasteiger charge is 2.20. The number of aromatic nitrogens is 2. The third-order valence-electron chi connectivity index (χ3n) is 2.82. The van der Waals surface area contributed by atoms with Crippen LogP contribution in [0.2, 0.25) is 0 Å². The lowest BCUT2D eigenvalue weighted by Gasteiger charge is -2.05. The van der Waals surface area contributed by atoms with Gasteiger partial charge in [-0.15, -0.1) is 0 Å². The topological polar surface area (TPSA) is 78.0 Å². The average Bonchev–Trinajstić information content (AvgIpc) is 2.53. The molecule has 1 aromatic heterocycles. The van der Waals surface area contributed by atoms with Crippen molar-refractivity contribution in [3.05, 3.63) is 47.0 Å². The molecule has 0 saturated carbocycles. The Labute approximate surface area is 110 Å². The lowest BCUT2D eigenvalue weighted by molar-refractivity contribution is 0.595. The van der Waals surface area contributed by atoms with E-state index in [1.165, 1.54) is 16.8 Å². The summed E-state index contributed by atoms with van der Waals surface area (Å²) in [5.41, 5.74) is 1.49. The molecule has 0 spiro atoms. The number of halogens is 1. The van der Waals surface area contributed by atoms with Gasteiger partial charge in [0, 0.05) is 0 Å². The van der Waals surface area contributed by atoms with E-state index in [2.05, 4.69) is 5.10 Å². The van der Waals surface area contributed by atoms with Gasteiger partial charge in [-0.2, -0.15) is 5.10 Å². The lowest BCUT2D eigenvalue weighted by Crippen LogP contribution is -2.14. The summed E-state index contributed by atoms with van der Waals surface area (Å²) in [5.74, 6) is -0.342. The molecule has 102 valence electrons. The van der Waals surface area contributed by atoms with Gasteiger partial charge in [-0.05, 0) is 31.5 Å². The minimum atomic E-state index is -3.80. The third kappa shape index (κ3) is 2.82. The number of sulfonamides is 1. The molecule has 2 rings (SSSR count). The van der Waals surface area contributed by atoms with E-state index >= 15 is 0 Å². The predicted octanol–water partition coefficient (Wildman–Crippen LogP) is 1.33. The number of hydrogen-bond donors (Lipinski definition) is 1. The molecule has 0 radical (unpaired) electrons. The fourth-order valence-electron chi connectivity index (χ4n) is 2.05. The summed E-state index contributed by atoms with van der Waals surface area (Å²) in [6.07, 6.45) is 0. The predicted molar refractivity (Wildman–Crippen MR) is 68.6 cm³/mol. The van der Waals surface area contributed by atoms with Crippen LogP contribution in [0.15, 0.2) is 29.2 Å². The normalized spacial score (nSPS) is 11.8. The van der Waals surface area contributed by atoms with E-state index in [0.717, 1.165) is 0 Å². The van der Waals surface area contributed by atoms with Crippen molar-refractivity contribution in [1.29, 1.82) is 0 Å². The van der Waals surface area contributed by atoms with E-state index in [4.69, 9.17) is 5.14 Å². The van der Waals surface area contributed by atoms with Gasteiger partial charge in [0.2, 0.25) is 10.0 Å². The molecule has 0 unspecified atom stereocenters. The van der Waals surface area contributed by atoms with Gasteiger partial charge in [-0.1, -0.05) is 12.1 Å². The third-order valence-corrected chi connectivity index (χ3v) is 3.98. The van der Waals surface area contributed by atoms with Crippen LogP contribution in [0.4, 0.5) is 4.39 Å². The van der Waals surface area contributed by atoms with Gasteiger partial charge in [-0.3, -0.25) is 4.68 Å². The summed E-state index contributed by atoms with van der Waals surface area (Å²) < 4.78 is 37.5. The highest BCUT2D eigenvalue weighted by Crippen LogP contribution is 2.18. The first-order valence-electron chi connectivity index (χ1n) is 5.60. The Morgan fingerprint density at radius 2 is 2.05 bits per heavy atom. The van der Waals surface area contributed by atoms with E-state index in [-0.39, 0.29) is 10.7 Å². The van der Waals surface area contributed by atoms with Crippen LogP contribution < -0.4 is 5.14 Å². The van der Waals surface area contributed by atoms with Crippen LogP contribution in [0.3, 0.4) is 0 Å². The maximum atomic E-state index is 13.1. The Morgan fingerprint density at radius 1 is 1.37 bits per heavy atom. The molecule has 2 aromatic rings. The lowest BCUT2D eigenvalue weighted by atomic mass is 10.2. The first-order valence-corrected chi connectivity index (χ1v) is 7.15. The summed E-state index contributed by atoms with van der Waals surface area (Å²) in [6.45, 7) is 3.49. The molecule has 2 N–H and O–H groups in total. The zero-order valence-corrected chi connectivity index (χ0v) is 11.4. The van der Waals surface area contributed by atoms with E-state index in [1.54, 1.807) is 26.0 Å². The van der Waals surface area contributed by atoms with Gasteiger partial charge in [-0.25, -0.2) is 17.9 Å². The molecule has 0 fully saturated rings. The Kier molecular flexibility index (Phi) is 3.42. The molecule has 0 bridgehead atoms. The van der Waals surface area contributed by atoms with Crippen LogP contribution in [0, 0.1) is 19.7 Å². The van der Waals surface area contributed by atoms with Gasteiger partial charge in [0.15, 0.2) is 0 Å². The Hall–Kier alpha value is -1.73. The molecular weight excluding hydrogens is 269 g/mol. The highest BCUT2D eigenvalue weighted by atomic mass is 32.2. The van der Waals surface area contributed by atoms with Gasteiger partial charge in [0.05, 0.1) is 17.9 Å². The molecule has 1 aromatic carbocycles. The SMILES string of the molecule is Cc1nn(Cc2cccc(F)c2)c(C)c1S(N)(=O)=O. The second-order valence-electron chi connectivity index (χ2n) is 4.33. The molecule has 0 aliphatic carbocycles. The summed E-state index contributed by atoms with van der Waals surface area (Å²) in [7, 11) is -3.80. The largest absolute Gasteiger partial charge is 0.264 e. The van der Waals surface area contributed by atoms with Crippen LogP contribution >= 0.6 is 0 Å². The Morgan fingerprint density at radius 3 is 2.58 bits per heavy atom. The first kappa shape index (κ1) is 13.7. The van der Waals surface area contributed by atoms with E-state index in [1.807, 2.05) is 0 Å². The van der Waals surface area contributed by atoms with E-state index < -0.39 is 10.0 Å². The summed E-state index contributed by atoms with van der Waals surface area (Å²) in [5, 5.41) is 9.28. The smallest absolute Gasteiger partial charge is 0.241 e. The monoisotopic (exact) mass is 283 g/mol. The second-order valence-corrected chi connectivity index (χ2v) is 5.83. The van der Waals surface area contributed by atoms with Gasteiger partial charge in [0.1, 0.15) is 10.7 Å². The van der Waals surface area contributed by atoms with Crippen molar-refractivity contribution < 1.29 is 12.8 Å². The number of nitrogens with two attached hydrogens (primary N) is 1. The summed E-state index contributed by atoms with van der Waals surface area (Å²) in [4.78, 5) is 0.0314. The van der Waals surface area contributed by atoms with Crippen LogP contribution in [-0.2, 0) is 16.6 Å². The maximum Gasteiger partial charge on any atom is 0.241 e. The van der Waals surface area contributed by atoms with E-state index in [9.17, 15) is 12.8 Å². The van der Waals surface area contributed by atoms with Gasteiger partial charge in [0.25, 0.3) is 0 Å². The van der Waals surface area contributed by atoms with Crippen LogP contribution in [0.25, 0.3) is 0 Å². The zero-order chi connectivity index (χ0) is 14.2. The highest BCUT2D eigenvalue weighted by molar-refractivity contribution is 7.89. The Bertz CT molecular complexity index is 723. The summed E-state index contributed by atoms with van der Waals surface area (Å²) >= 11 is 0. The molecule has 1 heterocycles. The number of benzene rings is 1. The van der Waals surface area contributed by atoms with Gasteiger partial charge >= 0.3 is 0 Å². The number of rotatable bonds is 3. The van der Waals surface area contributed by atoms with Crippen molar-refractivity contribution in [3.63, 3.8) is 0 Å². The van der Waals surface area contributed by atoms with Crippen molar-refractivity contribution in [1.82, 2.24) is 9.78 Å². The van der Waals surface area contributed by atoms with Crippen molar-refractivity contribution in [3.8, 4) is 0 Å². The molecular formula is C12H14FN3O2S. The fourth-order valence-corrected chi connectivity index (χ4v) is 3.02. The van der Waals surface area contributed by atoms with Crippen LogP contribution in [-0.4, -0.2) is 18.2 Å². The van der Waals surface area contributed by atoms with Gasteiger partial charge < -0.3 is 0 Å². The molecule has 0 aliphatic heterocycles. The molecule has 19 heavy (non-hydrogen) atoms. The minimum Gasteiger partial charge on any atom is -0.264 e. The quantitative estimate of drug-likeness (QED) is 0.923. The molecule has 5 nitrogen and oxygen atoms in total. The van der Waals surface area contributed by atoms with Crippen LogP contribution in [0.5, 0.6) is 0 Å². The maximum absolute atomic E-state index is 13.1. The number of aryl methyl sites for hydroxylation is 1. The van der Waals surface area contributed by atoms with Crippen molar-refractivity contribution in [2.75, 3.05) is 0 Å². The van der Waals surface area contributed by atoms with Crippen molar-refractivity contribution in [2.24, 2.45) is 5.14 Å². The molecule has 0 amide bonds. The average molecular weight is 283 g/mol. The second kappa shape index (κ2) is 4.75. The van der Waals surface area contributed by atoms with E-state index in [0.29, 0.717) is 23.5 Å². The Balaban J connectivity index is 2.43. The van der Waals surface area contributed by atoms with Crippen molar-refractivity contribution in [2.45, 2.75) is 25.3 Å². The minimum absolute atomic E-state index is 0.0314. The number of nitrogens with zero attached hydrogens (tertiary/aromatic N) is 2. The zero-order valence-electron chi connectivity index (χ0n) is 10.6. The van der Waals surface area contributed by atoms with Crippen LogP contribution in [0.1, 0.15) is 17.0 Å². The molecule has 7 heteroatoms.